The zero-order valence-electron chi connectivity index (χ0n) is 16.2. The van der Waals surface area contributed by atoms with Gasteiger partial charge in [0, 0.05) is 19.5 Å². The van der Waals surface area contributed by atoms with Crippen LogP contribution < -0.4 is 10.1 Å². The van der Waals surface area contributed by atoms with E-state index in [4.69, 9.17) is 4.74 Å². The summed E-state index contributed by atoms with van der Waals surface area (Å²) in [7, 11) is 1.62. The minimum absolute atomic E-state index is 0.0184. The van der Waals surface area contributed by atoms with Gasteiger partial charge in [0.05, 0.1) is 7.11 Å². The summed E-state index contributed by atoms with van der Waals surface area (Å²) >= 11 is 0. The number of methoxy groups -OCH3 is 1. The fourth-order valence-electron chi connectivity index (χ4n) is 2.63. The van der Waals surface area contributed by atoms with Gasteiger partial charge in [0.25, 0.3) is 0 Å². The Morgan fingerprint density at radius 3 is 2.28 bits per heavy atom. The van der Waals surface area contributed by atoms with Gasteiger partial charge in [0.1, 0.15) is 11.8 Å². The number of nitrogens with zero attached hydrogens (tertiary/aromatic N) is 1. The third kappa shape index (κ3) is 6.77. The first-order valence-corrected chi connectivity index (χ1v) is 9.12. The van der Waals surface area contributed by atoms with Crippen LogP contribution >= 0.6 is 0 Å². The van der Waals surface area contributed by atoms with Crippen LogP contribution in [0.5, 0.6) is 5.75 Å². The first-order chi connectivity index (χ1) is 11.9. The molecular weight excluding hydrogens is 316 g/mol. The molecule has 1 rings (SSSR count). The Morgan fingerprint density at radius 2 is 1.80 bits per heavy atom. The summed E-state index contributed by atoms with van der Waals surface area (Å²) in [6, 6.07) is 7.17. The van der Waals surface area contributed by atoms with E-state index in [2.05, 4.69) is 19.2 Å². The Kier molecular flexibility index (Phi) is 9.03. The molecule has 0 radical (unpaired) electrons. The van der Waals surface area contributed by atoms with Gasteiger partial charge >= 0.3 is 0 Å². The molecule has 5 nitrogen and oxygen atoms in total. The van der Waals surface area contributed by atoms with Gasteiger partial charge in [-0.05, 0) is 36.5 Å². The third-order valence-electron chi connectivity index (χ3n) is 4.05. The number of hydrogen-bond donors (Lipinski definition) is 1. The van der Waals surface area contributed by atoms with Crippen LogP contribution in [0, 0.1) is 5.92 Å². The van der Waals surface area contributed by atoms with Gasteiger partial charge in [-0.25, -0.2) is 0 Å². The quantitative estimate of drug-likeness (QED) is 0.705. The highest BCUT2D eigenvalue weighted by Crippen LogP contribution is 2.17. The molecule has 1 atom stereocenters. The van der Waals surface area contributed by atoms with Gasteiger partial charge in [-0.1, -0.05) is 39.8 Å². The highest BCUT2D eigenvalue weighted by atomic mass is 16.5. The molecule has 0 heterocycles. The Bertz CT molecular complexity index is 540. The van der Waals surface area contributed by atoms with E-state index in [0.717, 1.165) is 17.7 Å². The zero-order valence-corrected chi connectivity index (χ0v) is 16.2. The molecule has 2 amide bonds. The van der Waals surface area contributed by atoms with Gasteiger partial charge in [0.2, 0.25) is 11.8 Å². The molecule has 25 heavy (non-hydrogen) atoms. The van der Waals surface area contributed by atoms with Crippen LogP contribution in [0.4, 0.5) is 0 Å². The minimum atomic E-state index is -0.445. The Morgan fingerprint density at radius 1 is 1.16 bits per heavy atom. The molecule has 140 valence electrons. The molecule has 0 aliphatic carbocycles. The van der Waals surface area contributed by atoms with Gasteiger partial charge in [0.15, 0.2) is 0 Å². The van der Waals surface area contributed by atoms with Crippen molar-refractivity contribution in [3.05, 3.63) is 29.8 Å². The molecule has 0 aromatic heterocycles. The molecule has 1 N–H and O–H groups in total. The van der Waals surface area contributed by atoms with Crippen molar-refractivity contribution in [2.24, 2.45) is 5.92 Å². The van der Waals surface area contributed by atoms with Crippen LogP contribution in [0.15, 0.2) is 24.3 Å². The maximum Gasteiger partial charge on any atom is 0.242 e. The molecule has 0 saturated carbocycles. The molecule has 0 saturated heterocycles. The predicted octanol–water partition coefficient (Wildman–Crippen LogP) is 3.37. The van der Waals surface area contributed by atoms with Gasteiger partial charge in [-0.3, -0.25) is 9.59 Å². The molecule has 5 heteroatoms. The van der Waals surface area contributed by atoms with Crippen molar-refractivity contribution in [2.45, 2.75) is 59.5 Å². The smallest absolute Gasteiger partial charge is 0.242 e. The number of amides is 2. The number of nitrogens with one attached hydrogen (secondary N) is 1. The lowest BCUT2D eigenvalue weighted by Gasteiger charge is -2.31. The lowest BCUT2D eigenvalue weighted by molar-refractivity contribution is -0.141. The summed E-state index contributed by atoms with van der Waals surface area (Å²) in [6.45, 7) is 9.07. The molecule has 1 aromatic carbocycles. The molecule has 0 spiro atoms. The van der Waals surface area contributed by atoms with Crippen molar-refractivity contribution in [3.63, 3.8) is 0 Å². The lowest BCUT2D eigenvalue weighted by Crippen LogP contribution is -2.49. The summed E-state index contributed by atoms with van der Waals surface area (Å²) in [6.07, 6.45) is 1.81. The second kappa shape index (κ2) is 10.7. The van der Waals surface area contributed by atoms with Crippen LogP contribution in [-0.2, 0) is 16.1 Å². The highest BCUT2D eigenvalue weighted by Gasteiger charge is 2.28. The van der Waals surface area contributed by atoms with Crippen LogP contribution in [0.25, 0.3) is 0 Å². The van der Waals surface area contributed by atoms with Crippen molar-refractivity contribution in [1.29, 1.82) is 0 Å². The molecule has 0 aliphatic heterocycles. The monoisotopic (exact) mass is 348 g/mol. The average Bonchev–Trinajstić information content (AvgIpc) is 2.60. The number of benzene rings is 1. The highest BCUT2D eigenvalue weighted by molar-refractivity contribution is 5.87. The van der Waals surface area contributed by atoms with Crippen LogP contribution in [-0.4, -0.2) is 36.4 Å². The average molecular weight is 348 g/mol. The number of carbonyl (C=O) groups excluding carboxylic acids is 2. The van der Waals surface area contributed by atoms with Gasteiger partial charge in [-0.15, -0.1) is 0 Å². The maximum atomic E-state index is 12.6. The number of carbonyl (C=O) groups is 2. The molecule has 0 aliphatic rings. The largest absolute Gasteiger partial charge is 0.497 e. The first-order valence-electron chi connectivity index (χ1n) is 9.12. The van der Waals surface area contributed by atoms with Gasteiger partial charge < -0.3 is 15.0 Å². The molecule has 1 aromatic rings. The van der Waals surface area contributed by atoms with E-state index in [-0.39, 0.29) is 11.8 Å². The fourth-order valence-corrected chi connectivity index (χ4v) is 2.63. The van der Waals surface area contributed by atoms with E-state index in [0.29, 0.717) is 31.8 Å². The number of rotatable bonds is 10. The second-order valence-electron chi connectivity index (χ2n) is 6.68. The second-order valence-corrected chi connectivity index (χ2v) is 6.68. The SMILES string of the molecule is CCCC(=O)N(Cc1ccc(OC)cc1)[C@@H](CC)C(=O)NCC(C)C. The molecule has 0 bridgehead atoms. The van der Waals surface area contributed by atoms with Crippen LogP contribution in [0.2, 0.25) is 0 Å². The summed E-state index contributed by atoms with van der Waals surface area (Å²) < 4.78 is 5.18. The Balaban J connectivity index is 2.95. The molecule has 0 unspecified atom stereocenters. The first kappa shape index (κ1) is 21.0. The van der Waals surface area contributed by atoms with E-state index in [1.165, 1.54) is 0 Å². The van der Waals surface area contributed by atoms with E-state index >= 15 is 0 Å². The summed E-state index contributed by atoms with van der Waals surface area (Å²) in [5, 5.41) is 2.96. The topological polar surface area (TPSA) is 58.6 Å². The maximum absolute atomic E-state index is 12.6. The van der Waals surface area contributed by atoms with E-state index in [1.807, 2.05) is 38.1 Å². The van der Waals surface area contributed by atoms with E-state index < -0.39 is 6.04 Å². The van der Waals surface area contributed by atoms with Crippen molar-refractivity contribution in [3.8, 4) is 5.75 Å². The van der Waals surface area contributed by atoms with Crippen molar-refractivity contribution in [1.82, 2.24) is 10.2 Å². The minimum Gasteiger partial charge on any atom is -0.497 e. The predicted molar refractivity (Wildman–Crippen MR) is 100 cm³/mol. The number of ether oxygens (including phenoxy) is 1. The summed E-state index contributed by atoms with van der Waals surface area (Å²) in [5.41, 5.74) is 0.986. The third-order valence-corrected chi connectivity index (χ3v) is 4.05. The Labute approximate surface area is 151 Å². The summed E-state index contributed by atoms with van der Waals surface area (Å²) in [5.74, 6) is 1.10. The summed E-state index contributed by atoms with van der Waals surface area (Å²) in [4.78, 5) is 26.9. The Hall–Kier alpha value is -2.04. The molecule has 0 fully saturated rings. The number of hydrogen-bond acceptors (Lipinski definition) is 3. The lowest BCUT2D eigenvalue weighted by atomic mass is 10.1. The van der Waals surface area contributed by atoms with E-state index in [1.54, 1.807) is 12.0 Å². The standard InChI is InChI=1S/C20H32N2O3/c1-6-8-19(23)22(14-16-9-11-17(25-5)12-10-16)18(7-2)20(24)21-13-15(3)4/h9-12,15,18H,6-8,13-14H2,1-5H3,(H,21,24)/t18-/m0/s1. The van der Waals surface area contributed by atoms with E-state index in [9.17, 15) is 9.59 Å². The van der Waals surface area contributed by atoms with Crippen molar-refractivity contribution >= 4 is 11.8 Å². The van der Waals surface area contributed by atoms with Gasteiger partial charge in [-0.2, -0.15) is 0 Å². The van der Waals surface area contributed by atoms with Crippen molar-refractivity contribution < 1.29 is 14.3 Å². The van der Waals surface area contributed by atoms with Crippen LogP contribution in [0.1, 0.15) is 52.5 Å². The fraction of sp³-hybridized carbons (Fsp3) is 0.600. The van der Waals surface area contributed by atoms with Crippen molar-refractivity contribution in [2.75, 3.05) is 13.7 Å². The zero-order chi connectivity index (χ0) is 18.8. The normalized spacial score (nSPS) is 11.9. The molecular formula is C20H32N2O3. The van der Waals surface area contributed by atoms with Crippen LogP contribution in [0.3, 0.4) is 0 Å².